The molecule has 3 N–H and O–H groups in total. The summed E-state index contributed by atoms with van der Waals surface area (Å²) in [5, 5.41) is 5.06. The van der Waals surface area contributed by atoms with Gasteiger partial charge in [0.1, 0.15) is 16.4 Å². The molecule has 0 atom stereocenters. The monoisotopic (exact) mass is 477 g/mol. The summed E-state index contributed by atoms with van der Waals surface area (Å²) in [5.41, 5.74) is 2.17. The molecule has 0 radical (unpaired) electrons. The molecule has 0 saturated heterocycles. The number of urea groups is 1. The summed E-state index contributed by atoms with van der Waals surface area (Å²) in [6.45, 7) is 2.39. The Balaban J connectivity index is 2.13. The lowest BCUT2D eigenvalue weighted by Gasteiger charge is -2.13. The highest BCUT2D eigenvalue weighted by Crippen LogP contribution is 2.25. The summed E-state index contributed by atoms with van der Waals surface area (Å²) in [4.78, 5) is 24.1. The largest absolute Gasteiger partial charge is 0.496 e. The lowest BCUT2D eigenvalue weighted by molar-refractivity contribution is 0.0951. The maximum Gasteiger partial charge on any atom is 0.328 e. The Hall–Kier alpha value is -3.27. The van der Waals surface area contributed by atoms with Crippen LogP contribution in [0.25, 0.3) is 0 Å². The molecule has 0 spiro atoms. The number of sulfonamides is 1. The Labute approximate surface area is 194 Å². The molecular formula is C23H31N3O6S. The van der Waals surface area contributed by atoms with E-state index in [2.05, 4.69) is 17.6 Å². The third-order valence-electron chi connectivity index (χ3n) is 5.00. The molecule has 3 amide bonds. The van der Waals surface area contributed by atoms with E-state index < -0.39 is 16.1 Å². The second-order valence-corrected chi connectivity index (χ2v) is 8.96. The van der Waals surface area contributed by atoms with Gasteiger partial charge in [-0.2, -0.15) is 0 Å². The summed E-state index contributed by atoms with van der Waals surface area (Å²) in [7, 11) is 0.0427. The molecule has 0 saturated carbocycles. The van der Waals surface area contributed by atoms with Gasteiger partial charge in [-0.1, -0.05) is 25.5 Å². The van der Waals surface area contributed by atoms with E-state index in [0.717, 1.165) is 24.8 Å². The van der Waals surface area contributed by atoms with Crippen molar-refractivity contribution in [2.24, 2.45) is 0 Å². The van der Waals surface area contributed by atoms with Crippen LogP contribution in [0.15, 0.2) is 41.3 Å². The van der Waals surface area contributed by atoms with Gasteiger partial charge in [-0.05, 0) is 54.7 Å². The number of hydrogen-bond donors (Lipinski definition) is 3. The van der Waals surface area contributed by atoms with Crippen LogP contribution in [0.1, 0.15) is 41.3 Å². The number of amides is 3. The summed E-state index contributed by atoms with van der Waals surface area (Å²) < 4.78 is 37.5. The number of methoxy groups -OCH3 is 2. The molecule has 0 aliphatic heterocycles. The predicted octanol–water partition coefficient (Wildman–Crippen LogP) is 2.64. The van der Waals surface area contributed by atoms with Crippen molar-refractivity contribution < 1.29 is 27.5 Å². The van der Waals surface area contributed by atoms with Gasteiger partial charge in [0.2, 0.25) is 0 Å². The van der Waals surface area contributed by atoms with Gasteiger partial charge < -0.3 is 20.1 Å². The van der Waals surface area contributed by atoms with E-state index in [0.29, 0.717) is 23.3 Å². The first-order valence-electron chi connectivity index (χ1n) is 10.6. The average molecular weight is 478 g/mol. The van der Waals surface area contributed by atoms with Crippen molar-refractivity contribution in [3.8, 4) is 11.5 Å². The van der Waals surface area contributed by atoms with Crippen molar-refractivity contribution in [1.82, 2.24) is 15.4 Å². The van der Waals surface area contributed by atoms with Gasteiger partial charge in [-0.25, -0.2) is 17.9 Å². The number of unbranched alkanes of at least 4 members (excludes halogenated alkanes) is 1. The lowest BCUT2D eigenvalue weighted by Crippen LogP contribution is -2.37. The third-order valence-corrected chi connectivity index (χ3v) is 6.35. The lowest BCUT2D eigenvalue weighted by atomic mass is 10.0. The van der Waals surface area contributed by atoms with Crippen LogP contribution in [0.4, 0.5) is 4.79 Å². The molecule has 10 heteroatoms. The second-order valence-electron chi connectivity index (χ2n) is 7.31. The zero-order valence-electron chi connectivity index (χ0n) is 19.4. The van der Waals surface area contributed by atoms with Crippen molar-refractivity contribution >= 4 is 22.0 Å². The van der Waals surface area contributed by atoms with Crippen LogP contribution < -0.4 is 24.8 Å². The van der Waals surface area contributed by atoms with E-state index in [9.17, 15) is 18.0 Å². The standard InChI is InChI=1S/C23H31N3O6S/c1-5-6-7-16-8-10-19(31-3)18(14-16)22(27)25-13-12-17-9-11-20(32-4)21(15-17)33(29,30)26-23(28)24-2/h8-11,14-15H,5-7,12-13H2,1-4H3,(H,25,27)(H2,24,26,28). The smallest absolute Gasteiger partial charge is 0.328 e. The van der Waals surface area contributed by atoms with Crippen molar-refractivity contribution in [2.45, 2.75) is 37.5 Å². The molecule has 180 valence electrons. The van der Waals surface area contributed by atoms with Crippen molar-refractivity contribution in [3.05, 3.63) is 53.1 Å². The van der Waals surface area contributed by atoms with Crippen molar-refractivity contribution in [3.63, 3.8) is 0 Å². The first-order valence-corrected chi connectivity index (χ1v) is 12.1. The van der Waals surface area contributed by atoms with E-state index >= 15 is 0 Å². The first kappa shape index (κ1) is 26.0. The molecular weight excluding hydrogens is 446 g/mol. The maximum absolute atomic E-state index is 12.8. The van der Waals surface area contributed by atoms with Crippen LogP contribution in [0.5, 0.6) is 11.5 Å². The summed E-state index contributed by atoms with van der Waals surface area (Å²) in [6, 6.07) is 9.36. The third kappa shape index (κ3) is 7.11. The van der Waals surface area contributed by atoms with Crippen LogP contribution >= 0.6 is 0 Å². The zero-order chi connectivity index (χ0) is 24.4. The first-order chi connectivity index (χ1) is 15.7. The van der Waals surface area contributed by atoms with Crippen LogP contribution in [-0.2, 0) is 22.9 Å². The van der Waals surface area contributed by atoms with Gasteiger partial charge in [0, 0.05) is 13.6 Å². The van der Waals surface area contributed by atoms with Crippen LogP contribution in [0.2, 0.25) is 0 Å². The summed E-state index contributed by atoms with van der Waals surface area (Å²) in [6.07, 6.45) is 3.35. The second kappa shape index (κ2) is 12.1. The fraction of sp³-hybridized carbons (Fsp3) is 0.391. The SMILES string of the molecule is CCCCc1ccc(OC)c(C(=O)NCCc2ccc(OC)c(S(=O)(=O)NC(=O)NC)c2)c1. The number of benzene rings is 2. The van der Waals surface area contributed by atoms with Crippen molar-refractivity contribution in [2.75, 3.05) is 27.8 Å². The molecule has 9 nitrogen and oxygen atoms in total. The molecule has 2 aromatic rings. The molecule has 0 bridgehead atoms. The summed E-state index contributed by atoms with van der Waals surface area (Å²) in [5.74, 6) is 0.325. The molecule has 0 heterocycles. The zero-order valence-corrected chi connectivity index (χ0v) is 20.2. The minimum absolute atomic E-state index is 0.104. The van der Waals surface area contributed by atoms with Gasteiger partial charge in [0.25, 0.3) is 15.9 Å². The van der Waals surface area contributed by atoms with E-state index in [1.54, 1.807) is 12.1 Å². The molecule has 33 heavy (non-hydrogen) atoms. The van der Waals surface area contributed by atoms with E-state index in [1.807, 2.05) is 16.9 Å². The average Bonchev–Trinajstić information content (AvgIpc) is 2.81. The summed E-state index contributed by atoms with van der Waals surface area (Å²) >= 11 is 0. The number of rotatable bonds is 11. The fourth-order valence-corrected chi connectivity index (χ4v) is 4.38. The Morgan fingerprint density at radius 3 is 2.18 bits per heavy atom. The number of carbonyl (C=O) groups is 2. The number of ether oxygens (including phenoxy) is 2. The van der Waals surface area contributed by atoms with Gasteiger partial charge in [-0.15, -0.1) is 0 Å². The van der Waals surface area contributed by atoms with Gasteiger partial charge in [0.05, 0.1) is 19.8 Å². The van der Waals surface area contributed by atoms with Gasteiger partial charge >= 0.3 is 6.03 Å². The molecule has 0 aromatic heterocycles. The Bertz CT molecular complexity index is 1090. The topological polar surface area (TPSA) is 123 Å². The number of hydrogen-bond acceptors (Lipinski definition) is 6. The predicted molar refractivity (Wildman–Crippen MR) is 125 cm³/mol. The van der Waals surface area contributed by atoms with Crippen LogP contribution in [0.3, 0.4) is 0 Å². The quantitative estimate of drug-likeness (QED) is 0.457. The molecule has 2 aromatic carbocycles. The number of nitrogens with one attached hydrogen (secondary N) is 3. The normalized spacial score (nSPS) is 10.9. The van der Waals surface area contributed by atoms with E-state index in [-0.39, 0.29) is 23.1 Å². The molecule has 0 unspecified atom stereocenters. The Kier molecular flexibility index (Phi) is 9.53. The molecule has 0 aliphatic carbocycles. The highest BCUT2D eigenvalue weighted by molar-refractivity contribution is 7.90. The number of carbonyl (C=O) groups excluding carboxylic acids is 2. The molecule has 0 fully saturated rings. The van der Waals surface area contributed by atoms with E-state index in [1.165, 1.54) is 33.4 Å². The Morgan fingerprint density at radius 1 is 0.939 bits per heavy atom. The maximum atomic E-state index is 12.8. The molecule has 0 aliphatic rings. The highest BCUT2D eigenvalue weighted by Gasteiger charge is 2.22. The van der Waals surface area contributed by atoms with Crippen molar-refractivity contribution in [1.29, 1.82) is 0 Å². The minimum atomic E-state index is -4.13. The Morgan fingerprint density at radius 2 is 1.58 bits per heavy atom. The van der Waals surface area contributed by atoms with Gasteiger partial charge in [0.15, 0.2) is 0 Å². The molecule has 2 rings (SSSR count). The fourth-order valence-electron chi connectivity index (χ4n) is 3.20. The minimum Gasteiger partial charge on any atom is -0.496 e. The van der Waals surface area contributed by atoms with Gasteiger partial charge in [-0.3, -0.25) is 4.79 Å². The van der Waals surface area contributed by atoms with Crippen LogP contribution in [0, 0.1) is 0 Å². The number of aryl methyl sites for hydroxylation is 1. The van der Waals surface area contributed by atoms with Crippen LogP contribution in [-0.4, -0.2) is 48.2 Å². The highest BCUT2D eigenvalue weighted by atomic mass is 32.2. The van der Waals surface area contributed by atoms with E-state index in [4.69, 9.17) is 9.47 Å².